The number of nitrogens with one attached hydrogen (secondary N) is 1. The van der Waals surface area contributed by atoms with E-state index in [1.165, 1.54) is 19.3 Å². The lowest BCUT2D eigenvalue weighted by molar-refractivity contribution is -0.126. The van der Waals surface area contributed by atoms with E-state index in [9.17, 15) is 4.79 Å². The maximum atomic E-state index is 12.0. The molecule has 4 heteroatoms. The maximum Gasteiger partial charge on any atom is 0.224 e. The highest BCUT2D eigenvalue weighted by Crippen LogP contribution is 2.32. The fraction of sp³-hybridized carbons (Fsp3) is 0.929. The van der Waals surface area contributed by atoms with Crippen LogP contribution in [0.5, 0.6) is 0 Å². The third-order valence-corrected chi connectivity index (χ3v) is 4.89. The normalized spacial score (nSPS) is 35.9. The van der Waals surface area contributed by atoms with E-state index in [-0.39, 0.29) is 17.9 Å². The first-order chi connectivity index (χ1) is 8.49. The summed E-state index contributed by atoms with van der Waals surface area (Å²) in [5.41, 5.74) is 5.79. The van der Waals surface area contributed by atoms with Gasteiger partial charge in [-0.15, -0.1) is 0 Å². The number of carbonyl (C=O) groups is 1. The fourth-order valence-corrected chi connectivity index (χ4v) is 3.31. The predicted molar refractivity (Wildman–Crippen MR) is 73.2 cm³/mol. The van der Waals surface area contributed by atoms with E-state index in [4.69, 9.17) is 5.73 Å². The summed E-state index contributed by atoms with van der Waals surface area (Å²) in [5.74, 6) is 0.0297. The highest BCUT2D eigenvalue weighted by atomic mass is 16.2. The summed E-state index contributed by atoms with van der Waals surface area (Å²) in [4.78, 5) is 14.6. The van der Waals surface area contributed by atoms with Crippen molar-refractivity contribution in [1.82, 2.24) is 10.2 Å². The summed E-state index contributed by atoms with van der Waals surface area (Å²) in [6.45, 7) is 3.81. The number of hydrogen-bond acceptors (Lipinski definition) is 3. The molecule has 2 rings (SSSR count). The van der Waals surface area contributed by atoms with Gasteiger partial charge in [0.1, 0.15) is 0 Å². The van der Waals surface area contributed by atoms with Gasteiger partial charge in [-0.05, 0) is 39.7 Å². The molecule has 0 aromatic rings. The van der Waals surface area contributed by atoms with Crippen molar-refractivity contribution in [3.05, 3.63) is 0 Å². The number of fused-ring (bicyclic) bond motifs is 2. The summed E-state index contributed by atoms with van der Waals surface area (Å²) < 4.78 is 0. The molecule has 3 N–H and O–H groups in total. The van der Waals surface area contributed by atoms with E-state index in [0.29, 0.717) is 18.1 Å². The molecule has 1 amide bonds. The van der Waals surface area contributed by atoms with Crippen molar-refractivity contribution in [3.63, 3.8) is 0 Å². The van der Waals surface area contributed by atoms with Gasteiger partial charge in [0.25, 0.3) is 0 Å². The van der Waals surface area contributed by atoms with Gasteiger partial charge in [-0.1, -0.05) is 13.3 Å². The molecular formula is C14H27N3O. The highest BCUT2D eigenvalue weighted by molar-refractivity contribution is 5.79. The van der Waals surface area contributed by atoms with E-state index in [0.717, 1.165) is 12.8 Å². The van der Waals surface area contributed by atoms with Crippen molar-refractivity contribution in [2.24, 2.45) is 11.7 Å². The third kappa shape index (κ3) is 2.86. The summed E-state index contributed by atoms with van der Waals surface area (Å²) in [6, 6.07) is 1.60. The van der Waals surface area contributed by atoms with Crippen molar-refractivity contribution in [2.45, 2.75) is 70.1 Å². The lowest BCUT2D eigenvalue weighted by atomic mass is 9.82. The molecule has 0 radical (unpaired) electrons. The van der Waals surface area contributed by atoms with Crippen LogP contribution >= 0.6 is 0 Å². The zero-order valence-corrected chi connectivity index (χ0v) is 11.9. The number of hydrogen-bond donors (Lipinski definition) is 2. The minimum atomic E-state index is -0.0931. The van der Waals surface area contributed by atoms with Crippen molar-refractivity contribution in [2.75, 3.05) is 7.05 Å². The molecule has 18 heavy (non-hydrogen) atoms. The quantitative estimate of drug-likeness (QED) is 0.792. The smallest absolute Gasteiger partial charge is 0.224 e. The minimum Gasteiger partial charge on any atom is -0.353 e. The number of nitrogens with zero attached hydrogens (tertiary/aromatic N) is 1. The van der Waals surface area contributed by atoms with Crippen LogP contribution in [0.15, 0.2) is 0 Å². The second-order valence-corrected chi connectivity index (χ2v) is 6.23. The minimum absolute atomic E-state index is 0.0734. The lowest BCUT2D eigenvalue weighted by Gasteiger charge is -2.47. The van der Waals surface area contributed by atoms with Crippen LogP contribution < -0.4 is 11.1 Å². The van der Waals surface area contributed by atoms with Crippen molar-refractivity contribution in [3.8, 4) is 0 Å². The van der Waals surface area contributed by atoms with Crippen LogP contribution in [-0.4, -0.2) is 42.0 Å². The number of piperidine rings is 2. The van der Waals surface area contributed by atoms with Crippen LogP contribution in [0.4, 0.5) is 0 Å². The number of carbonyl (C=O) groups excluding carboxylic acids is 1. The van der Waals surface area contributed by atoms with Gasteiger partial charge in [0, 0.05) is 30.1 Å². The lowest BCUT2D eigenvalue weighted by Crippen LogP contribution is -2.56. The summed E-state index contributed by atoms with van der Waals surface area (Å²) in [6.07, 6.45) is 6.11. The Hall–Kier alpha value is -0.610. The molecule has 2 aliphatic rings. The average Bonchev–Trinajstić information content (AvgIpc) is 2.29. The molecule has 4 unspecified atom stereocenters. The largest absolute Gasteiger partial charge is 0.353 e. The Balaban J connectivity index is 1.90. The molecule has 4 nitrogen and oxygen atoms in total. The summed E-state index contributed by atoms with van der Waals surface area (Å²) in [5, 5.41) is 3.20. The second kappa shape index (κ2) is 5.57. The van der Waals surface area contributed by atoms with E-state index >= 15 is 0 Å². The summed E-state index contributed by atoms with van der Waals surface area (Å²) >= 11 is 0. The van der Waals surface area contributed by atoms with Crippen LogP contribution in [0.2, 0.25) is 0 Å². The molecule has 0 spiro atoms. The molecule has 0 aromatic heterocycles. The van der Waals surface area contributed by atoms with Crippen molar-refractivity contribution < 1.29 is 4.79 Å². The molecule has 0 aliphatic carbocycles. The van der Waals surface area contributed by atoms with Gasteiger partial charge >= 0.3 is 0 Å². The Labute approximate surface area is 110 Å². The second-order valence-electron chi connectivity index (χ2n) is 6.23. The topological polar surface area (TPSA) is 58.4 Å². The van der Waals surface area contributed by atoms with Gasteiger partial charge in [0.2, 0.25) is 5.91 Å². The van der Waals surface area contributed by atoms with Gasteiger partial charge in [-0.25, -0.2) is 0 Å². The van der Waals surface area contributed by atoms with Crippen molar-refractivity contribution in [1.29, 1.82) is 0 Å². The Morgan fingerprint density at radius 3 is 2.33 bits per heavy atom. The molecule has 0 saturated carbocycles. The molecule has 2 bridgehead atoms. The Morgan fingerprint density at radius 1 is 1.28 bits per heavy atom. The SMILES string of the molecule is CC(N)C(C)C(=O)NC1CC2CCCC(C1)N2C. The molecular weight excluding hydrogens is 226 g/mol. The van der Waals surface area contributed by atoms with Crippen LogP contribution in [0, 0.1) is 5.92 Å². The maximum absolute atomic E-state index is 12.0. The average molecular weight is 253 g/mol. The third-order valence-electron chi connectivity index (χ3n) is 4.89. The first-order valence-electron chi connectivity index (χ1n) is 7.27. The molecule has 2 saturated heterocycles. The number of nitrogens with two attached hydrogens (primary N) is 1. The highest BCUT2D eigenvalue weighted by Gasteiger charge is 2.36. The van der Waals surface area contributed by atoms with E-state index < -0.39 is 0 Å². The van der Waals surface area contributed by atoms with Crippen LogP contribution in [-0.2, 0) is 4.79 Å². The van der Waals surface area contributed by atoms with E-state index in [1.807, 2.05) is 13.8 Å². The molecule has 2 aliphatic heterocycles. The first kappa shape index (κ1) is 13.8. The monoisotopic (exact) mass is 253 g/mol. The Morgan fingerprint density at radius 2 is 1.83 bits per heavy atom. The molecule has 4 atom stereocenters. The van der Waals surface area contributed by atoms with Crippen LogP contribution in [0.3, 0.4) is 0 Å². The van der Waals surface area contributed by atoms with Crippen LogP contribution in [0.25, 0.3) is 0 Å². The van der Waals surface area contributed by atoms with Gasteiger partial charge in [-0.3, -0.25) is 4.79 Å². The number of rotatable bonds is 3. The van der Waals surface area contributed by atoms with Gasteiger partial charge in [0.05, 0.1) is 0 Å². The van der Waals surface area contributed by atoms with E-state index in [2.05, 4.69) is 17.3 Å². The zero-order chi connectivity index (χ0) is 13.3. The number of amides is 1. The first-order valence-corrected chi connectivity index (χ1v) is 7.27. The molecule has 2 fully saturated rings. The molecule has 104 valence electrons. The predicted octanol–water partition coefficient (Wildman–Crippen LogP) is 1.10. The van der Waals surface area contributed by atoms with Crippen molar-refractivity contribution >= 4 is 5.91 Å². The van der Waals surface area contributed by atoms with E-state index in [1.54, 1.807) is 0 Å². The fourth-order valence-electron chi connectivity index (χ4n) is 3.31. The van der Waals surface area contributed by atoms with Gasteiger partial charge in [0.15, 0.2) is 0 Å². The molecule has 0 aromatic carbocycles. The van der Waals surface area contributed by atoms with Gasteiger partial charge in [-0.2, -0.15) is 0 Å². The summed E-state index contributed by atoms with van der Waals surface area (Å²) in [7, 11) is 2.23. The van der Waals surface area contributed by atoms with Gasteiger partial charge < -0.3 is 16.0 Å². The Bertz CT molecular complexity index is 291. The Kier molecular flexibility index (Phi) is 4.28. The molecule has 2 heterocycles. The standard InChI is InChI=1S/C14H27N3O/c1-9(10(2)15)14(18)16-11-7-12-5-4-6-13(8-11)17(12)3/h9-13H,4-8,15H2,1-3H3,(H,16,18). The van der Waals surface area contributed by atoms with Crippen LogP contribution in [0.1, 0.15) is 46.0 Å². The zero-order valence-electron chi connectivity index (χ0n) is 11.9.